The van der Waals surface area contributed by atoms with Crippen molar-refractivity contribution in [3.05, 3.63) is 33.3 Å². The Labute approximate surface area is 119 Å². The van der Waals surface area contributed by atoms with Crippen LogP contribution in [0.4, 0.5) is 0 Å². The summed E-state index contributed by atoms with van der Waals surface area (Å²) >= 11 is 9.29. The van der Waals surface area contributed by atoms with Crippen molar-refractivity contribution in [1.82, 2.24) is 4.90 Å². The lowest BCUT2D eigenvalue weighted by Crippen LogP contribution is -2.37. The molecule has 6 heteroatoms. The van der Waals surface area contributed by atoms with E-state index >= 15 is 0 Å². The number of carboxylic acid groups (broad SMARTS) is 1. The van der Waals surface area contributed by atoms with Gasteiger partial charge in [-0.2, -0.15) is 0 Å². The van der Waals surface area contributed by atoms with Crippen LogP contribution in [0, 0.1) is 0 Å². The number of carbonyl (C=O) groups is 2. The first-order chi connectivity index (χ1) is 8.38. The monoisotopic (exact) mass is 333 g/mol. The topological polar surface area (TPSA) is 57.6 Å². The van der Waals surface area contributed by atoms with E-state index in [9.17, 15) is 14.7 Å². The Morgan fingerprint density at radius 3 is 2.56 bits per heavy atom. The van der Waals surface area contributed by atoms with Crippen molar-refractivity contribution in [2.24, 2.45) is 0 Å². The number of aliphatic carboxylic acids is 1. The first-order valence-electron chi connectivity index (χ1n) is 5.33. The van der Waals surface area contributed by atoms with Crippen LogP contribution in [-0.2, 0) is 9.59 Å². The van der Waals surface area contributed by atoms with Gasteiger partial charge in [0, 0.05) is 28.5 Å². The Bertz CT molecular complexity index is 478. The molecule has 0 fully saturated rings. The zero-order valence-electron chi connectivity index (χ0n) is 9.98. The summed E-state index contributed by atoms with van der Waals surface area (Å²) in [7, 11) is 0. The third kappa shape index (κ3) is 3.23. The van der Waals surface area contributed by atoms with Gasteiger partial charge in [-0.1, -0.05) is 27.5 Å². The van der Waals surface area contributed by atoms with E-state index in [2.05, 4.69) is 15.9 Å². The summed E-state index contributed by atoms with van der Waals surface area (Å²) in [5, 5.41) is 9.65. The highest BCUT2D eigenvalue weighted by molar-refractivity contribution is 9.10. The summed E-state index contributed by atoms with van der Waals surface area (Å²) in [6.07, 6.45) is 0. The highest BCUT2D eigenvalue weighted by atomic mass is 79.9. The molecule has 0 saturated heterocycles. The van der Waals surface area contributed by atoms with E-state index in [4.69, 9.17) is 11.6 Å². The van der Waals surface area contributed by atoms with Gasteiger partial charge >= 0.3 is 5.97 Å². The molecule has 0 saturated carbocycles. The van der Waals surface area contributed by atoms with Crippen LogP contribution >= 0.6 is 27.5 Å². The van der Waals surface area contributed by atoms with Crippen molar-refractivity contribution in [3.63, 3.8) is 0 Å². The first kappa shape index (κ1) is 15.0. The molecule has 0 bridgehead atoms. The van der Waals surface area contributed by atoms with Crippen LogP contribution in [0.2, 0.25) is 5.02 Å². The molecule has 4 nitrogen and oxygen atoms in total. The SMILES string of the molecule is CCN(C(C)=O)C(C(=O)O)c1cc(Br)ccc1Cl. The van der Waals surface area contributed by atoms with Crippen LogP contribution in [0.1, 0.15) is 25.5 Å². The van der Waals surface area contributed by atoms with Gasteiger partial charge in [-0.05, 0) is 25.1 Å². The van der Waals surface area contributed by atoms with E-state index in [0.717, 1.165) is 0 Å². The minimum atomic E-state index is -1.10. The molecule has 1 aromatic rings. The highest BCUT2D eigenvalue weighted by Crippen LogP contribution is 2.30. The van der Waals surface area contributed by atoms with Gasteiger partial charge < -0.3 is 10.0 Å². The molecule has 0 radical (unpaired) electrons. The van der Waals surface area contributed by atoms with E-state index in [0.29, 0.717) is 21.6 Å². The maximum atomic E-state index is 11.5. The molecule has 1 aromatic carbocycles. The van der Waals surface area contributed by atoms with E-state index in [1.165, 1.54) is 11.8 Å². The quantitative estimate of drug-likeness (QED) is 0.920. The van der Waals surface area contributed by atoms with Crippen molar-refractivity contribution in [2.45, 2.75) is 19.9 Å². The average Bonchev–Trinajstić information content (AvgIpc) is 2.28. The number of nitrogens with zero attached hydrogens (tertiary/aromatic N) is 1. The molecule has 0 spiro atoms. The maximum Gasteiger partial charge on any atom is 0.331 e. The molecule has 1 N–H and O–H groups in total. The van der Waals surface area contributed by atoms with Gasteiger partial charge in [-0.25, -0.2) is 4.79 Å². The molecular weight excluding hydrogens is 321 g/mol. The summed E-state index contributed by atoms with van der Waals surface area (Å²) in [5.41, 5.74) is 0.399. The third-order valence-electron chi connectivity index (χ3n) is 2.54. The molecule has 0 aliphatic rings. The number of hydrogen-bond donors (Lipinski definition) is 1. The lowest BCUT2D eigenvalue weighted by molar-refractivity contribution is -0.149. The predicted octanol–water partition coefficient (Wildman–Crippen LogP) is 3.10. The zero-order chi connectivity index (χ0) is 13.9. The second kappa shape index (κ2) is 6.20. The molecule has 1 rings (SSSR count). The molecular formula is C12H13BrClNO3. The number of rotatable bonds is 4. The fourth-order valence-corrected chi connectivity index (χ4v) is 2.35. The van der Waals surface area contributed by atoms with Crippen LogP contribution in [0.3, 0.4) is 0 Å². The number of carboxylic acids is 1. The predicted molar refractivity (Wildman–Crippen MR) is 72.6 cm³/mol. The fraction of sp³-hybridized carbons (Fsp3) is 0.333. The van der Waals surface area contributed by atoms with E-state index in [1.54, 1.807) is 25.1 Å². The third-order valence-corrected chi connectivity index (χ3v) is 3.38. The largest absolute Gasteiger partial charge is 0.479 e. The maximum absolute atomic E-state index is 11.5. The lowest BCUT2D eigenvalue weighted by Gasteiger charge is -2.27. The molecule has 18 heavy (non-hydrogen) atoms. The summed E-state index contributed by atoms with van der Waals surface area (Å²) in [6.45, 7) is 3.36. The molecule has 0 aliphatic heterocycles. The van der Waals surface area contributed by atoms with Gasteiger partial charge in [-0.15, -0.1) is 0 Å². The van der Waals surface area contributed by atoms with Gasteiger partial charge in [-0.3, -0.25) is 4.79 Å². The Morgan fingerprint density at radius 1 is 1.50 bits per heavy atom. The van der Waals surface area contributed by atoms with Gasteiger partial charge in [0.15, 0.2) is 6.04 Å². The van der Waals surface area contributed by atoms with Crippen LogP contribution in [0.15, 0.2) is 22.7 Å². The number of benzene rings is 1. The molecule has 1 atom stereocenters. The highest BCUT2D eigenvalue weighted by Gasteiger charge is 2.30. The van der Waals surface area contributed by atoms with Crippen molar-refractivity contribution < 1.29 is 14.7 Å². The molecule has 0 aliphatic carbocycles. The Morgan fingerprint density at radius 2 is 2.11 bits per heavy atom. The van der Waals surface area contributed by atoms with Crippen molar-refractivity contribution in [1.29, 1.82) is 0 Å². The molecule has 1 amide bonds. The van der Waals surface area contributed by atoms with Crippen LogP contribution in [0.5, 0.6) is 0 Å². The van der Waals surface area contributed by atoms with Crippen LogP contribution in [-0.4, -0.2) is 28.4 Å². The zero-order valence-corrected chi connectivity index (χ0v) is 12.3. The van der Waals surface area contributed by atoms with Crippen LogP contribution in [0.25, 0.3) is 0 Å². The molecule has 1 unspecified atom stereocenters. The lowest BCUT2D eigenvalue weighted by atomic mass is 10.1. The van der Waals surface area contributed by atoms with Gasteiger partial charge in [0.2, 0.25) is 5.91 Å². The minimum absolute atomic E-state index is 0.301. The molecule has 0 heterocycles. The minimum Gasteiger partial charge on any atom is -0.479 e. The van der Waals surface area contributed by atoms with Crippen LogP contribution < -0.4 is 0 Å². The smallest absolute Gasteiger partial charge is 0.331 e. The number of carbonyl (C=O) groups excluding carboxylic acids is 1. The van der Waals surface area contributed by atoms with Gasteiger partial charge in [0.25, 0.3) is 0 Å². The number of halogens is 2. The van der Waals surface area contributed by atoms with Gasteiger partial charge in [0.05, 0.1) is 0 Å². The summed E-state index contributed by atoms with van der Waals surface area (Å²) in [6, 6.07) is 3.87. The number of hydrogen-bond acceptors (Lipinski definition) is 2. The normalized spacial score (nSPS) is 12.0. The van der Waals surface area contributed by atoms with E-state index < -0.39 is 12.0 Å². The molecule has 98 valence electrons. The fourth-order valence-electron chi connectivity index (χ4n) is 1.75. The number of amides is 1. The van der Waals surface area contributed by atoms with Crippen molar-refractivity contribution >= 4 is 39.4 Å². The second-order valence-corrected chi connectivity index (χ2v) is 5.03. The van der Waals surface area contributed by atoms with E-state index in [1.807, 2.05) is 0 Å². The first-order valence-corrected chi connectivity index (χ1v) is 6.50. The average molecular weight is 335 g/mol. The van der Waals surface area contributed by atoms with Crippen molar-refractivity contribution in [3.8, 4) is 0 Å². The summed E-state index contributed by atoms with van der Waals surface area (Å²) in [5.74, 6) is -1.41. The Balaban J connectivity index is 3.31. The summed E-state index contributed by atoms with van der Waals surface area (Å²) < 4.78 is 0.716. The van der Waals surface area contributed by atoms with Crippen molar-refractivity contribution in [2.75, 3.05) is 6.54 Å². The Kier molecular flexibility index (Phi) is 5.16. The summed E-state index contributed by atoms with van der Waals surface area (Å²) in [4.78, 5) is 24.2. The van der Waals surface area contributed by atoms with Gasteiger partial charge in [0.1, 0.15) is 0 Å². The second-order valence-electron chi connectivity index (χ2n) is 3.71. The Hall–Kier alpha value is -1.07. The van der Waals surface area contributed by atoms with E-state index in [-0.39, 0.29) is 5.91 Å². The molecule has 0 aromatic heterocycles. The number of likely N-dealkylation sites (N-methyl/N-ethyl adjacent to an activating group) is 1. The standard InChI is InChI=1S/C12H13BrClNO3/c1-3-15(7(2)16)11(12(17)18)9-6-8(13)4-5-10(9)14/h4-6,11H,3H2,1-2H3,(H,17,18).